The molecule has 0 spiro atoms. The molecule has 0 bridgehead atoms. The summed E-state index contributed by atoms with van der Waals surface area (Å²) >= 11 is 0. The molecule has 4 rings (SSSR count). The van der Waals surface area contributed by atoms with Crippen molar-refractivity contribution in [2.45, 2.75) is 25.7 Å². The normalized spacial score (nSPS) is 14.5. The van der Waals surface area contributed by atoms with Crippen molar-refractivity contribution < 1.29 is 9.53 Å². The number of amides is 1. The van der Waals surface area contributed by atoms with Gasteiger partial charge in [-0.25, -0.2) is 4.98 Å². The van der Waals surface area contributed by atoms with Crippen LogP contribution in [0.15, 0.2) is 42.7 Å². The van der Waals surface area contributed by atoms with E-state index in [0.29, 0.717) is 11.3 Å². The third-order valence-electron chi connectivity index (χ3n) is 5.79. The van der Waals surface area contributed by atoms with Crippen molar-refractivity contribution in [1.29, 1.82) is 0 Å². The van der Waals surface area contributed by atoms with Crippen molar-refractivity contribution in [1.82, 2.24) is 14.9 Å². The largest absolute Gasteiger partial charge is 0.496 e. The number of pyridine rings is 2. The summed E-state index contributed by atoms with van der Waals surface area (Å²) in [5.74, 6) is -0.0744. The Morgan fingerprint density at radius 2 is 2.03 bits per heavy atom. The Hall–Kier alpha value is -3.19. The smallest absolute Gasteiger partial charge is 0.252 e. The summed E-state index contributed by atoms with van der Waals surface area (Å²) in [6.07, 6.45) is 8.66. The van der Waals surface area contributed by atoms with E-state index in [1.165, 1.54) is 39.5 Å². The summed E-state index contributed by atoms with van der Waals surface area (Å²) in [6, 6.07) is 9.27. The monoisotopic (exact) mass is 419 g/mol. The minimum atomic E-state index is -0.517. The number of carbonyl (C=O) groups is 1. The van der Waals surface area contributed by atoms with Crippen molar-refractivity contribution in [3.8, 4) is 17.0 Å². The minimum absolute atomic E-state index is 0.354. The topological polar surface area (TPSA) is 93.4 Å². The standard InChI is InChI=1S/C24H29N5O2/c1-31-23-14-17(6-7-18(23)24(25)30)21-15-22(19-16-26-10-8-20(19)28-21)27-9-5-13-29-11-3-2-4-12-29/h6-8,10,14-16H,2-5,9,11-13H2,1H3,(H2,25,30)(H,27,28). The molecule has 1 saturated heterocycles. The second-order valence-corrected chi connectivity index (χ2v) is 7.91. The van der Waals surface area contributed by atoms with Gasteiger partial charge in [-0.1, -0.05) is 12.5 Å². The molecule has 7 heteroatoms. The number of benzene rings is 1. The molecule has 0 saturated carbocycles. The van der Waals surface area contributed by atoms with Crippen molar-refractivity contribution in [3.05, 3.63) is 48.3 Å². The highest BCUT2D eigenvalue weighted by molar-refractivity contribution is 5.97. The van der Waals surface area contributed by atoms with Gasteiger partial charge >= 0.3 is 0 Å². The lowest BCUT2D eigenvalue weighted by Crippen LogP contribution is -2.31. The van der Waals surface area contributed by atoms with Crippen molar-refractivity contribution in [2.24, 2.45) is 5.73 Å². The van der Waals surface area contributed by atoms with Gasteiger partial charge in [-0.2, -0.15) is 0 Å². The number of nitrogens with one attached hydrogen (secondary N) is 1. The van der Waals surface area contributed by atoms with E-state index in [0.717, 1.165) is 47.4 Å². The van der Waals surface area contributed by atoms with Crippen molar-refractivity contribution in [3.63, 3.8) is 0 Å². The number of likely N-dealkylation sites (tertiary alicyclic amines) is 1. The number of primary amides is 1. The van der Waals surface area contributed by atoms with Crippen LogP contribution in [0.25, 0.3) is 22.2 Å². The van der Waals surface area contributed by atoms with Gasteiger partial charge in [0.2, 0.25) is 0 Å². The van der Waals surface area contributed by atoms with Crippen LogP contribution in [-0.4, -0.2) is 54.1 Å². The Bertz CT molecular complexity index is 1060. The Morgan fingerprint density at radius 1 is 1.19 bits per heavy atom. The molecule has 0 atom stereocenters. The van der Waals surface area contributed by atoms with Gasteiger partial charge < -0.3 is 20.7 Å². The number of fused-ring (bicyclic) bond motifs is 1. The Labute approximate surface area is 182 Å². The van der Waals surface area contributed by atoms with Gasteiger partial charge in [0, 0.05) is 35.6 Å². The zero-order valence-corrected chi connectivity index (χ0v) is 17.9. The maximum absolute atomic E-state index is 11.6. The van der Waals surface area contributed by atoms with Gasteiger partial charge in [0.25, 0.3) is 5.91 Å². The molecule has 3 heterocycles. The fraction of sp³-hybridized carbons (Fsp3) is 0.375. The maximum atomic E-state index is 11.6. The molecule has 3 N–H and O–H groups in total. The number of aromatic nitrogens is 2. The molecular weight excluding hydrogens is 390 g/mol. The first kappa shape index (κ1) is 21.1. The van der Waals surface area contributed by atoms with Gasteiger partial charge in [-0.05, 0) is 63.2 Å². The predicted octanol–water partition coefficient (Wildman–Crippen LogP) is 3.69. The molecule has 1 aromatic carbocycles. The number of carbonyl (C=O) groups excluding carboxylic acids is 1. The number of nitrogens with zero attached hydrogens (tertiary/aromatic N) is 3. The third kappa shape index (κ3) is 4.94. The third-order valence-corrected chi connectivity index (χ3v) is 5.79. The fourth-order valence-corrected chi connectivity index (χ4v) is 4.13. The zero-order valence-electron chi connectivity index (χ0n) is 17.9. The molecule has 2 aromatic heterocycles. The molecule has 1 fully saturated rings. The summed E-state index contributed by atoms with van der Waals surface area (Å²) in [5, 5.41) is 4.57. The highest BCUT2D eigenvalue weighted by Crippen LogP contribution is 2.31. The Kier molecular flexibility index (Phi) is 6.62. The maximum Gasteiger partial charge on any atom is 0.252 e. The number of piperidine rings is 1. The van der Waals surface area contributed by atoms with Crippen LogP contribution in [0.4, 0.5) is 5.69 Å². The van der Waals surface area contributed by atoms with Crippen LogP contribution in [0.3, 0.4) is 0 Å². The summed E-state index contributed by atoms with van der Waals surface area (Å²) in [6.45, 7) is 4.44. The highest BCUT2D eigenvalue weighted by Gasteiger charge is 2.14. The van der Waals surface area contributed by atoms with E-state index in [1.54, 1.807) is 18.3 Å². The Balaban J connectivity index is 1.57. The lowest BCUT2D eigenvalue weighted by molar-refractivity contribution is 0.0997. The molecule has 1 aliphatic rings. The van der Waals surface area contributed by atoms with E-state index < -0.39 is 5.91 Å². The molecule has 7 nitrogen and oxygen atoms in total. The number of hydrogen-bond acceptors (Lipinski definition) is 6. The molecule has 1 amide bonds. The first-order chi connectivity index (χ1) is 15.2. The molecule has 1 aliphatic heterocycles. The molecule has 31 heavy (non-hydrogen) atoms. The van der Waals surface area contributed by atoms with Crippen molar-refractivity contribution in [2.75, 3.05) is 38.6 Å². The average molecular weight is 420 g/mol. The summed E-state index contributed by atoms with van der Waals surface area (Å²) < 4.78 is 5.36. The number of anilines is 1. The minimum Gasteiger partial charge on any atom is -0.496 e. The van der Waals surface area contributed by atoms with Crippen LogP contribution >= 0.6 is 0 Å². The van der Waals surface area contributed by atoms with E-state index >= 15 is 0 Å². The first-order valence-corrected chi connectivity index (χ1v) is 10.8. The number of rotatable bonds is 8. The molecular formula is C24H29N5O2. The summed E-state index contributed by atoms with van der Waals surface area (Å²) in [5.41, 5.74) is 9.32. The zero-order chi connectivity index (χ0) is 21.6. The second kappa shape index (κ2) is 9.75. The predicted molar refractivity (Wildman–Crippen MR) is 123 cm³/mol. The molecule has 0 aliphatic carbocycles. The molecule has 3 aromatic rings. The number of hydrogen-bond donors (Lipinski definition) is 2. The second-order valence-electron chi connectivity index (χ2n) is 7.91. The number of ether oxygens (including phenoxy) is 1. The first-order valence-electron chi connectivity index (χ1n) is 10.8. The van der Waals surface area contributed by atoms with Gasteiger partial charge in [0.05, 0.1) is 23.9 Å². The van der Waals surface area contributed by atoms with Crippen LogP contribution < -0.4 is 15.8 Å². The van der Waals surface area contributed by atoms with E-state index in [2.05, 4.69) is 15.2 Å². The summed E-state index contributed by atoms with van der Waals surface area (Å²) in [7, 11) is 1.53. The quantitative estimate of drug-likeness (QED) is 0.541. The number of nitrogens with two attached hydrogens (primary N) is 1. The van der Waals surface area contributed by atoms with Crippen LogP contribution in [-0.2, 0) is 0 Å². The fourth-order valence-electron chi connectivity index (χ4n) is 4.13. The van der Waals surface area contributed by atoms with Gasteiger partial charge in [-0.15, -0.1) is 0 Å². The lowest BCUT2D eigenvalue weighted by Gasteiger charge is -2.26. The molecule has 162 valence electrons. The van der Waals surface area contributed by atoms with E-state index in [-0.39, 0.29) is 0 Å². The Morgan fingerprint density at radius 3 is 2.81 bits per heavy atom. The summed E-state index contributed by atoms with van der Waals surface area (Å²) in [4.78, 5) is 23.2. The SMILES string of the molecule is COc1cc(-c2cc(NCCCN3CCCCC3)c3cnccc3n2)ccc1C(N)=O. The van der Waals surface area contributed by atoms with Gasteiger partial charge in [0.15, 0.2) is 0 Å². The van der Waals surface area contributed by atoms with Crippen LogP contribution in [0.5, 0.6) is 5.75 Å². The van der Waals surface area contributed by atoms with Crippen LogP contribution in [0.1, 0.15) is 36.0 Å². The lowest BCUT2D eigenvalue weighted by atomic mass is 10.0. The highest BCUT2D eigenvalue weighted by atomic mass is 16.5. The number of methoxy groups -OCH3 is 1. The molecule has 0 unspecified atom stereocenters. The van der Waals surface area contributed by atoms with Crippen LogP contribution in [0, 0.1) is 0 Å². The van der Waals surface area contributed by atoms with E-state index in [1.807, 2.05) is 24.4 Å². The molecule has 0 radical (unpaired) electrons. The average Bonchev–Trinajstić information content (AvgIpc) is 2.81. The van der Waals surface area contributed by atoms with E-state index in [9.17, 15) is 4.79 Å². The van der Waals surface area contributed by atoms with Gasteiger partial charge in [0.1, 0.15) is 5.75 Å². The van der Waals surface area contributed by atoms with E-state index in [4.69, 9.17) is 15.5 Å². The van der Waals surface area contributed by atoms with Gasteiger partial charge in [-0.3, -0.25) is 9.78 Å². The van der Waals surface area contributed by atoms with Crippen molar-refractivity contribution >= 4 is 22.5 Å². The van der Waals surface area contributed by atoms with Crippen LogP contribution in [0.2, 0.25) is 0 Å².